The van der Waals surface area contributed by atoms with Gasteiger partial charge in [0.05, 0.1) is 24.1 Å². The van der Waals surface area contributed by atoms with Gasteiger partial charge < -0.3 is 19.1 Å². The predicted octanol–water partition coefficient (Wildman–Crippen LogP) is 10.1. The fourth-order valence-electron chi connectivity index (χ4n) is 6.36. The highest BCUT2D eigenvalue weighted by atomic mass is 16.3. The number of para-hydroxylation sites is 2. The average molecular weight is 556 g/mol. The van der Waals surface area contributed by atoms with Crippen molar-refractivity contribution >= 4 is 66.8 Å². The lowest BCUT2D eigenvalue weighted by molar-refractivity contribution is 0.533. The fraction of sp³-hybridized carbons (Fsp3) is 0.0263. The zero-order valence-electron chi connectivity index (χ0n) is 23.1. The van der Waals surface area contributed by atoms with Crippen molar-refractivity contribution in [2.24, 2.45) is 0 Å². The van der Waals surface area contributed by atoms with E-state index in [1.807, 2.05) is 24.5 Å². The molecule has 0 fully saturated rings. The van der Waals surface area contributed by atoms with E-state index < -0.39 is 0 Å². The molecule has 1 aliphatic heterocycles. The second-order valence-electron chi connectivity index (χ2n) is 10.9. The SMILES string of the molecule is C1=Cc2c(oc3c(N(c4ccc5ccc(-c6ccccc6)cc5c4)c4cccc5c4oc4cnccc45)cccc23)CN1. The number of hydrogen-bond acceptors (Lipinski definition) is 5. The number of nitrogens with one attached hydrogen (secondary N) is 1. The van der Waals surface area contributed by atoms with Crippen LogP contribution < -0.4 is 10.2 Å². The Morgan fingerprint density at radius 1 is 0.651 bits per heavy atom. The van der Waals surface area contributed by atoms with Crippen molar-refractivity contribution < 1.29 is 8.83 Å². The highest BCUT2D eigenvalue weighted by Crippen LogP contribution is 2.46. The zero-order valence-corrected chi connectivity index (χ0v) is 23.1. The zero-order chi connectivity index (χ0) is 28.3. The van der Waals surface area contributed by atoms with Crippen LogP contribution in [0.4, 0.5) is 17.1 Å². The van der Waals surface area contributed by atoms with Crippen LogP contribution in [0.1, 0.15) is 11.3 Å². The Hall–Kier alpha value is -5.81. The van der Waals surface area contributed by atoms with Gasteiger partial charge in [0, 0.05) is 33.6 Å². The van der Waals surface area contributed by atoms with Gasteiger partial charge in [0.15, 0.2) is 16.7 Å². The first-order valence-corrected chi connectivity index (χ1v) is 14.4. The average Bonchev–Trinajstić information content (AvgIpc) is 3.65. The smallest absolute Gasteiger partial charge is 0.159 e. The van der Waals surface area contributed by atoms with Crippen molar-refractivity contribution in [3.05, 3.63) is 139 Å². The lowest BCUT2D eigenvalue weighted by Gasteiger charge is -2.26. The molecular weight excluding hydrogens is 530 g/mol. The molecule has 0 bridgehead atoms. The Balaban J connectivity index is 1.32. The van der Waals surface area contributed by atoms with Crippen LogP contribution in [0.25, 0.3) is 60.9 Å². The van der Waals surface area contributed by atoms with Crippen LogP contribution in [0.3, 0.4) is 0 Å². The van der Waals surface area contributed by atoms with E-state index in [-0.39, 0.29) is 0 Å². The number of benzene rings is 5. The van der Waals surface area contributed by atoms with Crippen molar-refractivity contribution in [2.75, 3.05) is 4.90 Å². The molecule has 5 nitrogen and oxygen atoms in total. The number of hydrogen-bond donors (Lipinski definition) is 1. The summed E-state index contributed by atoms with van der Waals surface area (Å²) >= 11 is 0. The topological polar surface area (TPSA) is 54.4 Å². The van der Waals surface area contributed by atoms with Crippen LogP contribution >= 0.6 is 0 Å². The van der Waals surface area contributed by atoms with Crippen molar-refractivity contribution in [3.63, 3.8) is 0 Å². The first-order valence-electron chi connectivity index (χ1n) is 14.4. The van der Waals surface area contributed by atoms with E-state index in [0.717, 1.165) is 66.7 Å². The van der Waals surface area contributed by atoms with E-state index in [9.17, 15) is 0 Å². The highest BCUT2D eigenvalue weighted by Gasteiger charge is 2.24. The van der Waals surface area contributed by atoms with Crippen LogP contribution in [0.2, 0.25) is 0 Å². The number of aromatic nitrogens is 1. The van der Waals surface area contributed by atoms with E-state index in [2.05, 4.69) is 118 Å². The van der Waals surface area contributed by atoms with Crippen molar-refractivity contribution in [3.8, 4) is 11.1 Å². The molecule has 0 amide bonds. The second kappa shape index (κ2) is 9.36. The summed E-state index contributed by atoms with van der Waals surface area (Å²) in [5, 5.41) is 8.79. The minimum Gasteiger partial charge on any atom is -0.456 e. The molecule has 0 aliphatic carbocycles. The maximum absolute atomic E-state index is 6.58. The van der Waals surface area contributed by atoms with Gasteiger partial charge in [-0.2, -0.15) is 0 Å². The summed E-state index contributed by atoms with van der Waals surface area (Å²) in [4.78, 5) is 6.57. The van der Waals surface area contributed by atoms with Gasteiger partial charge in [0.2, 0.25) is 0 Å². The molecule has 0 saturated heterocycles. The summed E-state index contributed by atoms with van der Waals surface area (Å²) in [6.45, 7) is 0.657. The number of anilines is 3. The number of fused-ring (bicyclic) bond motifs is 7. The molecule has 5 heteroatoms. The van der Waals surface area contributed by atoms with Crippen molar-refractivity contribution in [2.45, 2.75) is 6.54 Å². The molecule has 8 aromatic rings. The van der Waals surface area contributed by atoms with Gasteiger partial charge in [-0.1, -0.05) is 72.8 Å². The number of rotatable bonds is 4. The first-order chi connectivity index (χ1) is 21.3. The quantitative estimate of drug-likeness (QED) is 0.234. The minimum atomic E-state index is 0.657. The third-order valence-electron chi connectivity index (χ3n) is 8.39. The summed E-state index contributed by atoms with van der Waals surface area (Å²) in [7, 11) is 0. The van der Waals surface area contributed by atoms with Gasteiger partial charge in [0.1, 0.15) is 5.76 Å². The Labute approximate surface area is 247 Å². The van der Waals surface area contributed by atoms with Gasteiger partial charge in [-0.25, -0.2) is 0 Å². The molecule has 1 N–H and O–H groups in total. The Morgan fingerprint density at radius 3 is 2.35 bits per heavy atom. The lowest BCUT2D eigenvalue weighted by atomic mass is 10.0. The molecule has 204 valence electrons. The standard InChI is InChI=1S/C38H25N3O2/c1-2-6-24(7-3-1)26-13-12-25-14-15-28(21-27(25)20-26)41(33-10-4-8-31-29-16-18-39-22-35(29)42-37(31)33)34-11-5-9-32-30-17-19-40-23-36(30)43-38(32)34/h1-22,40H,23H2. The van der Waals surface area contributed by atoms with Crippen molar-refractivity contribution in [1.82, 2.24) is 10.3 Å². The summed E-state index contributed by atoms with van der Waals surface area (Å²) in [5.41, 5.74) is 8.80. The van der Waals surface area contributed by atoms with E-state index >= 15 is 0 Å². The van der Waals surface area contributed by atoms with Gasteiger partial charge >= 0.3 is 0 Å². The molecule has 4 heterocycles. The molecule has 3 aromatic heterocycles. The highest BCUT2D eigenvalue weighted by molar-refractivity contribution is 6.11. The third kappa shape index (κ3) is 3.75. The van der Waals surface area contributed by atoms with Gasteiger partial charge in [-0.3, -0.25) is 4.98 Å². The van der Waals surface area contributed by atoms with Gasteiger partial charge in [0.25, 0.3) is 0 Å². The van der Waals surface area contributed by atoms with Gasteiger partial charge in [-0.15, -0.1) is 0 Å². The number of furan rings is 2. The third-order valence-corrected chi connectivity index (χ3v) is 8.39. The summed E-state index contributed by atoms with van der Waals surface area (Å²) < 4.78 is 13.1. The largest absolute Gasteiger partial charge is 0.456 e. The molecule has 0 atom stereocenters. The molecule has 0 saturated carbocycles. The number of pyridine rings is 1. The maximum Gasteiger partial charge on any atom is 0.159 e. The van der Waals surface area contributed by atoms with E-state index in [0.29, 0.717) is 6.54 Å². The molecule has 9 rings (SSSR count). The molecule has 0 radical (unpaired) electrons. The Morgan fingerprint density at radius 2 is 1.47 bits per heavy atom. The van der Waals surface area contributed by atoms with Crippen LogP contribution in [0, 0.1) is 0 Å². The predicted molar refractivity (Wildman–Crippen MR) is 175 cm³/mol. The summed E-state index contributed by atoms with van der Waals surface area (Å²) in [6.07, 6.45) is 7.67. The number of nitrogens with zero attached hydrogens (tertiary/aromatic N) is 2. The molecule has 1 aliphatic rings. The molecule has 43 heavy (non-hydrogen) atoms. The lowest BCUT2D eigenvalue weighted by Crippen LogP contribution is -2.10. The maximum atomic E-state index is 6.58. The van der Waals surface area contributed by atoms with Crippen LogP contribution in [-0.4, -0.2) is 4.98 Å². The fourth-order valence-corrected chi connectivity index (χ4v) is 6.36. The molecule has 5 aromatic carbocycles. The summed E-state index contributed by atoms with van der Waals surface area (Å²) in [5.74, 6) is 0.934. The molecule has 0 spiro atoms. The van der Waals surface area contributed by atoms with E-state index in [4.69, 9.17) is 8.83 Å². The summed E-state index contributed by atoms with van der Waals surface area (Å²) in [6, 6.07) is 38.5. The molecular formula is C38H25N3O2. The first kappa shape index (κ1) is 23.9. The Kier molecular flexibility index (Phi) is 5.19. The Bertz CT molecular complexity index is 2360. The van der Waals surface area contributed by atoms with Crippen LogP contribution in [0.5, 0.6) is 0 Å². The van der Waals surface area contributed by atoms with Crippen molar-refractivity contribution in [1.29, 1.82) is 0 Å². The van der Waals surface area contributed by atoms with Crippen LogP contribution in [0.15, 0.2) is 137 Å². The van der Waals surface area contributed by atoms with Gasteiger partial charge in [-0.05, 0) is 70.6 Å². The molecule has 0 unspecified atom stereocenters. The van der Waals surface area contributed by atoms with E-state index in [1.54, 1.807) is 6.20 Å². The minimum absolute atomic E-state index is 0.657. The normalized spacial score (nSPS) is 12.7. The van der Waals surface area contributed by atoms with E-state index in [1.165, 1.54) is 16.5 Å². The monoisotopic (exact) mass is 555 g/mol. The second-order valence-corrected chi connectivity index (χ2v) is 10.9. The van der Waals surface area contributed by atoms with Crippen LogP contribution in [-0.2, 0) is 6.54 Å².